The lowest BCUT2D eigenvalue weighted by Gasteiger charge is -2.25. The third kappa shape index (κ3) is 8.41. The largest absolute Gasteiger partial charge is 0.480 e. The van der Waals surface area contributed by atoms with Gasteiger partial charge in [-0.1, -0.05) is 62.4 Å². The fraction of sp³-hybridized carbons (Fsp3) is 0.379. The summed E-state index contributed by atoms with van der Waals surface area (Å²) in [6.45, 7) is 5.24. The van der Waals surface area contributed by atoms with Gasteiger partial charge in [0, 0.05) is 29.9 Å². The first-order chi connectivity index (χ1) is 18.5. The van der Waals surface area contributed by atoms with Gasteiger partial charge in [0.05, 0.1) is 6.04 Å². The fourth-order valence-corrected chi connectivity index (χ4v) is 4.33. The molecule has 4 atom stereocenters. The predicted octanol–water partition coefficient (Wildman–Crippen LogP) is 1.89. The number of nitrogens with one attached hydrogen (secondary N) is 4. The Kier molecular flexibility index (Phi) is 10.2. The van der Waals surface area contributed by atoms with Crippen molar-refractivity contribution in [2.45, 2.75) is 64.2 Å². The molecule has 2 aromatic carbocycles. The molecule has 3 aromatic rings. The number of aromatic nitrogens is 1. The Morgan fingerprint density at radius 2 is 1.36 bits per heavy atom. The number of carbonyl (C=O) groups excluding carboxylic acids is 3. The third-order valence-corrected chi connectivity index (χ3v) is 6.38. The van der Waals surface area contributed by atoms with Gasteiger partial charge >= 0.3 is 5.97 Å². The van der Waals surface area contributed by atoms with Crippen molar-refractivity contribution in [2.75, 3.05) is 0 Å². The summed E-state index contributed by atoms with van der Waals surface area (Å²) in [6.07, 6.45) is 2.28. The van der Waals surface area contributed by atoms with E-state index in [1.54, 1.807) is 6.20 Å². The molecule has 0 saturated carbocycles. The van der Waals surface area contributed by atoms with Gasteiger partial charge in [-0.05, 0) is 36.5 Å². The summed E-state index contributed by atoms with van der Waals surface area (Å²) < 4.78 is 0. The van der Waals surface area contributed by atoms with Gasteiger partial charge in [0.1, 0.15) is 18.1 Å². The van der Waals surface area contributed by atoms with Crippen LogP contribution in [0.3, 0.4) is 0 Å². The highest BCUT2D eigenvalue weighted by atomic mass is 16.4. The van der Waals surface area contributed by atoms with Gasteiger partial charge in [-0.2, -0.15) is 0 Å². The number of rotatable bonds is 13. The van der Waals surface area contributed by atoms with Gasteiger partial charge in [0.15, 0.2) is 0 Å². The Morgan fingerprint density at radius 3 is 1.97 bits per heavy atom. The second kappa shape index (κ2) is 13.6. The first-order valence-electron chi connectivity index (χ1n) is 13.0. The molecule has 0 spiro atoms. The molecule has 0 saturated heterocycles. The number of benzene rings is 2. The summed E-state index contributed by atoms with van der Waals surface area (Å²) >= 11 is 0. The monoisotopic (exact) mass is 535 g/mol. The van der Waals surface area contributed by atoms with Crippen molar-refractivity contribution in [1.29, 1.82) is 0 Å². The average molecular weight is 536 g/mol. The molecule has 208 valence electrons. The topological polar surface area (TPSA) is 166 Å². The highest BCUT2D eigenvalue weighted by Gasteiger charge is 2.31. The standard InChI is InChI=1S/C29H37N5O5/c1-17(2)13-25(29(38)39)34-28(37)24(15-20-16-31-22-12-8-7-11-21(20)22)33-27(36)23(32-26(35)18(3)30)14-19-9-5-4-6-10-19/h4-12,16-18,23-25,31H,13-15,30H2,1-3H3,(H,32,35)(H,33,36)(H,34,37)(H,38,39). The Morgan fingerprint density at radius 1 is 0.795 bits per heavy atom. The van der Waals surface area contributed by atoms with Gasteiger partial charge in [-0.15, -0.1) is 0 Å². The number of aromatic amines is 1. The normalized spacial score (nSPS) is 14.3. The summed E-state index contributed by atoms with van der Waals surface area (Å²) in [5, 5.41) is 18.6. The van der Waals surface area contributed by atoms with Gasteiger partial charge in [-0.3, -0.25) is 14.4 Å². The molecule has 0 aliphatic heterocycles. The molecular weight excluding hydrogens is 498 g/mol. The molecule has 39 heavy (non-hydrogen) atoms. The first kappa shape index (κ1) is 29.4. The zero-order chi connectivity index (χ0) is 28.5. The number of fused-ring (bicyclic) bond motifs is 1. The van der Waals surface area contributed by atoms with Crippen LogP contribution in [0.2, 0.25) is 0 Å². The van der Waals surface area contributed by atoms with E-state index in [0.29, 0.717) is 0 Å². The van der Waals surface area contributed by atoms with Crippen LogP contribution in [0, 0.1) is 5.92 Å². The van der Waals surface area contributed by atoms with Crippen molar-refractivity contribution < 1.29 is 24.3 Å². The van der Waals surface area contributed by atoms with E-state index in [-0.39, 0.29) is 25.2 Å². The van der Waals surface area contributed by atoms with E-state index in [2.05, 4.69) is 20.9 Å². The van der Waals surface area contributed by atoms with Gasteiger partial charge in [-0.25, -0.2) is 4.79 Å². The number of H-pyrrole nitrogens is 1. The number of carboxylic acid groups (broad SMARTS) is 1. The Hall–Kier alpha value is -4.18. The van der Waals surface area contributed by atoms with E-state index in [1.165, 1.54) is 6.92 Å². The summed E-state index contributed by atoms with van der Waals surface area (Å²) in [7, 11) is 0. The van der Waals surface area contributed by atoms with Crippen LogP contribution >= 0.6 is 0 Å². The zero-order valence-corrected chi connectivity index (χ0v) is 22.4. The Labute approximate surface area is 227 Å². The highest BCUT2D eigenvalue weighted by Crippen LogP contribution is 2.19. The van der Waals surface area contributed by atoms with Crippen molar-refractivity contribution in [2.24, 2.45) is 11.7 Å². The summed E-state index contributed by atoms with van der Waals surface area (Å²) in [5.74, 6) is -2.84. The number of hydrogen-bond acceptors (Lipinski definition) is 5. The van der Waals surface area contributed by atoms with Crippen LogP contribution in [-0.2, 0) is 32.0 Å². The number of para-hydroxylation sites is 1. The lowest BCUT2D eigenvalue weighted by molar-refractivity contribution is -0.142. The fourth-order valence-electron chi connectivity index (χ4n) is 4.33. The van der Waals surface area contributed by atoms with Crippen molar-refractivity contribution in [3.8, 4) is 0 Å². The van der Waals surface area contributed by atoms with Gasteiger partial charge in [0.2, 0.25) is 17.7 Å². The van der Waals surface area contributed by atoms with E-state index < -0.39 is 47.9 Å². The molecule has 0 fully saturated rings. The van der Waals surface area contributed by atoms with Gasteiger partial charge in [0.25, 0.3) is 0 Å². The van der Waals surface area contributed by atoms with Crippen LogP contribution in [-0.4, -0.2) is 57.9 Å². The smallest absolute Gasteiger partial charge is 0.326 e. The molecule has 0 aliphatic carbocycles. The maximum absolute atomic E-state index is 13.5. The number of carbonyl (C=O) groups is 4. The van der Waals surface area contributed by atoms with Crippen LogP contribution in [0.15, 0.2) is 60.8 Å². The quantitative estimate of drug-likeness (QED) is 0.195. The minimum absolute atomic E-state index is 0.0248. The highest BCUT2D eigenvalue weighted by molar-refractivity contribution is 5.95. The SMILES string of the molecule is CC(C)CC(NC(=O)C(Cc1c[nH]c2ccccc12)NC(=O)C(Cc1ccccc1)NC(=O)C(C)N)C(=O)O. The van der Waals surface area contributed by atoms with Crippen molar-refractivity contribution in [3.63, 3.8) is 0 Å². The molecule has 4 unspecified atom stereocenters. The maximum atomic E-state index is 13.5. The van der Waals surface area contributed by atoms with Crippen molar-refractivity contribution in [3.05, 3.63) is 71.9 Å². The molecule has 1 heterocycles. The van der Waals surface area contributed by atoms with Crippen LogP contribution in [0.5, 0.6) is 0 Å². The van der Waals surface area contributed by atoms with E-state index >= 15 is 0 Å². The van der Waals surface area contributed by atoms with E-state index in [0.717, 1.165) is 22.0 Å². The lowest BCUT2D eigenvalue weighted by Crippen LogP contribution is -2.58. The summed E-state index contributed by atoms with van der Waals surface area (Å²) in [6, 6.07) is 12.7. The molecule has 7 N–H and O–H groups in total. The molecule has 10 nitrogen and oxygen atoms in total. The lowest BCUT2D eigenvalue weighted by atomic mass is 10.00. The van der Waals surface area contributed by atoms with E-state index in [9.17, 15) is 24.3 Å². The van der Waals surface area contributed by atoms with E-state index in [1.807, 2.05) is 68.4 Å². The summed E-state index contributed by atoms with van der Waals surface area (Å²) in [4.78, 5) is 54.4. The Bertz CT molecular complexity index is 1290. The molecule has 1 aromatic heterocycles. The zero-order valence-electron chi connectivity index (χ0n) is 22.4. The van der Waals surface area contributed by atoms with Crippen LogP contribution in [0.4, 0.5) is 0 Å². The van der Waals surface area contributed by atoms with E-state index in [4.69, 9.17) is 5.73 Å². The van der Waals surface area contributed by atoms with Crippen LogP contribution in [0.1, 0.15) is 38.3 Å². The molecule has 3 rings (SSSR count). The second-order valence-corrected chi connectivity index (χ2v) is 10.2. The first-order valence-corrected chi connectivity index (χ1v) is 13.0. The summed E-state index contributed by atoms with van der Waals surface area (Å²) in [5.41, 5.74) is 8.18. The van der Waals surface area contributed by atoms with Crippen molar-refractivity contribution >= 4 is 34.6 Å². The number of hydrogen-bond donors (Lipinski definition) is 6. The number of aliphatic carboxylic acids is 1. The molecule has 10 heteroatoms. The number of carboxylic acids is 1. The molecule has 3 amide bonds. The molecule has 0 aliphatic rings. The number of amides is 3. The van der Waals surface area contributed by atoms with Gasteiger partial charge < -0.3 is 31.8 Å². The van der Waals surface area contributed by atoms with Crippen LogP contribution in [0.25, 0.3) is 10.9 Å². The maximum Gasteiger partial charge on any atom is 0.326 e. The number of nitrogens with two attached hydrogens (primary N) is 1. The van der Waals surface area contributed by atoms with Crippen LogP contribution < -0.4 is 21.7 Å². The average Bonchev–Trinajstić information content (AvgIpc) is 3.30. The molecular formula is C29H37N5O5. The third-order valence-electron chi connectivity index (χ3n) is 6.38. The minimum atomic E-state index is -1.15. The van der Waals surface area contributed by atoms with Crippen molar-refractivity contribution in [1.82, 2.24) is 20.9 Å². The minimum Gasteiger partial charge on any atom is -0.480 e. The Balaban J connectivity index is 1.89. The second-order valence-electron chi connectivity index (χ2n) is 10.2. The molecule has 0 bridgehead atoms. The predicted molar refractivity (Wildman–Crippen MR) is 149 cm³/mol. The molecule has 0 radical (unpaired) electrons.